The first-order valence-electron chi connectivity index (χ1n) is 9.09. The normalized spacial score (nSPS) is 15.4. The van der Waals surface area contributed by atoms with Crippen LogP contribution < -0.4 is 5.32 Å². The van der Waals surface area contributed by atoms with Crippen LogP contribution in [0, 0.1) is 13.8 Å². The Morgan fingerprint density at radius 2 is 1.92 bits per heavy atom. The van der Waals surface area contributed by atoms with Crippen molar-refractivity contribution >= 4 is 34.1 Å². The van der Waals surface area contributed by atoms with Gasteiger partial charge in [0.05, 0.1) is 0 Å². The number of piperidine rings is 1. The SMILES string of the molecule is Cc1ccc(NC(=S)N2CCC(c3nc4ccccc4o3)CC2)c(C)c1. The summed E-state index contributed by atoms with van der Waals surface area (Å²) in [7, 11) is 0. The first-order chi connectivity index (χ1) is 12.6. The van der Waals surface area contributed by atoms with E-state index in [1.54, 1.807) is 0 Å². The second kappa shape index (κ2) is 7.08. The third-order valence-electron chi connectivity index (χ3n) is 5.07. The molecule has 0 aliphatic carbocycles. The van der Waals surface area contributed by atoms with E-state index in [9.17, 15) is 0 Å². The van der Waals surface area contributed by atoms with Crippen molar-refractivity contribution in [1.82, 2.24) is 9.88 Å². The molecule has 0 bridgehead atoms. The van der Waals surface area contributed by atoms with Gasteiger partial charge in [0.1, 0.15) is 5.52 Å². The third kappa shape index (κ3) is 3.44. The van der Waals surface area contributed by atoms with Gasteiger partial charge >= 0.3 is 0 Å². The van der Waals surface area contributed by atoms with Crippen molar-refractivity contribution < 1.29 is 4.42 Å². The van der Waals surface area contributed by atoms with Crippen molar-refractivity contribution in [2.75, 3.05) is 18.4 Å². The number of nitrogens with one attached hydrogen (secondary N) is 1. The van der Waals surface area contributed by atoms with Crippen LogP contribution in [-0.2, 0) is 0 Å². The lowest BCUT2D eigenvalue weighted by Gasteiger charge is -2.32. The van der Waals surface area contributed by atoms with Gasteiger partial charge in [-0.05, 0) is 62.7 Å². The molecule has 1 aliphatic heterocycles. The van der Waals surface area contributed by atoms with Crippen LogP contribution in [0.25, 0.3) is 11.1 Å². The van der Waals surface area contributed by atoms with Crippen molar-refractivity contribution in [2.24, 2.45) is 0 Å². The highest BCUT2D eigenvalue weighted by atomic mass is 32.1. The summed E-state index contributed by atoms with van der Waals surface area (Å²) in [5.41, 5.74) is 5.38. The maximum Gasteiger partial charge on any atom is 0.198 e. The average molecular weight is 366 g/mol. The molecule has 0 spiro atoms. The number of aromatic nitrogens is 1. The van der Waals surface area contributed by atoms with E-state index >= 15 is 0 Å². The summed E-state index contributed by atoms with van der Waals surface area (Å²) in [6.45, 7) is 6.05. The van der Waals surface area contributed by atoms with Crippen LogP contribution >= 0.6 is 12.2 Å². The van der Waals surface area contributed by atoms with E-state index < -0.39 is 0 Å². The quantitative estimate of drug-likeness (QED) is 0.646. The molecular weight excluding hydrogens is 342 g/mol. The number of fused-ring (bicyclic) bond motifs is 1. The minimum Gasteiger partial charge on any atom is -0.440 e. The Balaban J connectivity index is 1.39. The maximum absolute atomic E-state index is 5.95. The minimum atomic E-state index is 0.363. The monoisotopic (exact) mass is 365 g/mol. The second-order valence-corrected chi connectivity index (χ2v) is 7.42. The van der Waals surface area contributed by atoms with Gasteiger partial charge in [-0.25, -0.2) is 4.98 Å². The molecule has 5 heteroatoms. The van der Waals surface area contributed by atoms with Crippen LogP contribution in [0.4, 0.5) is 5.69 Å². The number of benzene rings is 2. The average Bonchev–Trinajstić information content (AvgIpc) is 3.08. The number of hydrogen-bond donors (Lipinski definition) is 1. The summed E-state index contributed by atoms with van der Waals surface area (Å²) in [6.07, 6.45) is 2.00. The number of hydrogen-bond acceptors (Lipinski definition) is 3. The number of anilines is 1. The standard InChI is InChI=1S/C21H23N3OS/c1-14-7-8-17(15(2)13-14)23-21(26)24-11-9-16(10-12-24)20-22-18-5-3-4-6-19(18)25-20/h3-8,13,16H,9-12H2,1-2H3,(H,23,26). The molecule has 2 aromatic carbocycles. The van der Waals surface area contributed by atoms with E-state index in [4.69, 9.17) is 16.6 Å². The molecule has 2 heterocycles. The fraction of sp³-hybridized carbons (Fsp3) is 0.333. The molecule has 26 heavy (non-hydrogen) atoms. The van der Waals surface area contributed by atoms with Gasteiger partial charge in [-0.2, -0.15) is 0 Å². The molecule has 1 saturated heterocycles. The molecule has 0 unspecified atom stereocenters. The van der Waals surface area contributed by atoms with E-state index in [2.05, 4.69) is 47.2 Å². The molecular formula is C21H23N3OS. The number of aryl methyl sites for hydroxylation is 2. The third-order valence-corrected chi connectivity index (χ3v) is 5.43. The molecule has 1 aliphatic rings. The Bertz CT molecular complexity index is 908. The predicted molar refractivity (Wildman–Crippen MR) is 110 cm³/mol. The molecule has 1 fully saturated rings. The topological polar surface area (TPSA) is 41.3 Å². The second-order valence-electron chi connectivity index (χ2n) is 7.03. The number of nitrogens with zero attached hydrogens (tertiary/aromatic N) is 2. The molecule has 0 amide bonds. The zero-order valence-electron chi connectivity index (χ0n) is 15.2. The molecule has 1 N–H and O–H groups in total. The molecule has 0 radical (unpaired) electrons. The van der Waals surface area contributed by atoms with Crippen molar-refractivity contribution in [2.45, 2.75) is 32.6 Å². The molecule has 1 aromatic heterocycles. The Morgan fingerprint density at radius 1 is 1.15 bits per heavy atom. The Morgan fingerprint density at radius 3 is 2.65 bits per heavy atom. The Hall–Kier alpha value is -2.40. The van der Waals surface area contributed by atoms with Gasteiger partial charge in [0.15, 0.2) is 16.6 Å². The van der Waals surface area contributed by atoms with Crippen molar-refractivity contribution in [1.29, 1.82) is 0 Å². The number of oxazole rings is 1. The number of likely N-dealkylation sites (tertiary alicyclic amines) is 1. The summed E-state index contributed by atoms with van der Waals surface area (Å²) >= 11 is 5.63. The molecule has 4 nitrogen and oxygen atoms in total. The van der Waals surface area contributed by atoms with Crippen molar-refractivity contribution in [3.05, 3.63) is 59.5 Å². The van der Waals surface area contributed by atoms with Crippen LogP contribution in [0.15, 0.2) is 46.9 Å². The van der Waals surface area contributed by atoms with E-state index in [0.717, 1.165) is 53.7 Å². The summed E-state index contributed by atoms with van der Waals surface area (Å²) in [5, 5.41) is 4.20. The van der Waals surface area contributed by atoms with Crippen LogP contribution in [0.5, 0.6) is 0 Å². The Labute approximate surface area is 159 Å². The molecule has 3 aromatic rings. The predicted octanol–water partition coefficient (Wildman–Crippen LogP) is 5.02. The van der Waals surface area contributed by atoms with Gasteiger partial charge in [-0.15, -0.1) is 0 Å². The van der Waals surface area contributed by atoms with Gasteiger partial charge in [0.25, 0.3) is 0 Å². The highest BCUT2D eigenvalue weighted by molar-refractivity contribution is 7.80. The fourth-order valence-corrected chi connectivity index (χ4v) is 3.83. The van der Waals surface area contributed by atoms with Crippen LogP contribution in [0.1, 0.15) is 35.8 Å². The lowest BCUT2D eigenvalue weighted by molar-refractivity contribution is 0.290. The lowest BCUT2D eigenvalue weighted by atomic mass is 9.97. The zero-order chi connectivity index (χ0) is 18.1. The zero-order valence-corrected chi connectivity index (χ0v) is 16.0. The van der Waals surface area contributed by atoms with Gasteiger partial charge in [0.2, 0.25) is 0 Å². The van der Waals surface area contributed by atoms with Gasteiger partial charge < -0.3 is 14.6 Å². The minimum absolute atomic E-state index is 0.363. The van der Waals surface area contributed by atoms with E-state index in [-0.39, 0.29) is 0 Å². The summed E-state index contributed by atoms with van der Waals surface area (Å²) < 4.78 is 5.95. The Kier molecular flexibility index (Phi) is 4.64. The summed E-state index contributed by atoms with van der Waals surface area (Å²) in [4.78, 5) is 6.90. The van der Waals surface area contributed by atoms with Crippen molar-refractivity contribution in [3.8, 4) is 0 Å². The number of para-hydroxylation sites is 2. The highest BCUT2D eigenvalue weighted by Crippen LogP contribution is 2.30. The smallest absolute Gasteiger partial charge is 0.198 e. The van der Waals surface area contributed by atoms with Gasteiger partial charge in [-0.3, -0.25) is 0 Å². The molecule has 0 atom stereocenters. The summed E-state index contributed by atoms with van der Waals surface area (Å²) in [6, 6.07) is 14.3. The molecule has 0 saturated carbocycles. The first-order valence-corrected chi connectivity index (χ1v) is 9.49. The molecule has 134 valence electrons. The van der Waals surface area contributed by atoms with Crippen LogP contribution in [-0.4, -0.2) is 28.1 Å². The van der Waals surface area contributed by atoms with Crippen molar-refractivity contribution in [3.63, 3.8) is 0 Å². The maximum atomic E-state index is 5.95. The van der Waals surface area contributed by atoms with E-state index in [1.165, 1.54) is 11.1 Å². The first kappa shape index (κ1) is 17.0. The fourth-order valence-electron chi connectivity index (χ4n) is 3.54. The molecule has 4 rings (SSSR count). The van der Waals surface area contributed by atoms with Crippen LogP contribution in [0.2, 0.25) is 0 Å². The van der Waals surface area contributed by atoms with Gasteiger partial charge in [0, 0.05) is 24.7 Å². The number of thiocarbonyl (C=S) groups is 1. The number of rotatable bonds is 2. The largest absolute Gasteiger partial charge is 0.440 e. The van der Waals surface area contributed by atoms with E-state index in [0.29, 0.717) is 5.92 Å². The lowest BCUT2D eigenvalue weighted by Crippen LogP contribution is -2.40. The van der Waals surface area contributed by atoms with Gasteiger partial charge in [-0.1, -0.05) is 29.8 Å². The van der Waals surface area contributed by atoms with E-state index in [1.807, 2.05) is 24.3 Å². The summed E-state index contributed by atoms with van der Waals surface area (Å²) in [5.74, 6) is 1.22. The van der Waals surface area contributed by atoms with Crippen LogP contribution in [0.3, 0.4) is 0 Å². The highest BCUT2D eigenvalue weighted by Gasteiger charge is 2.26.